The fourth-order valence-electron chi connectivity index (χ4n) is 1.32. The molecule has 1 aromatic rings. The molecule has 0 unspecified atom stereocenters. The molecule has 14 heavy (non-hydrogen) atoms. The van der Waals surface area contributed by atoms with Gasteiger partial charge in [-0.05, 0) is 19.3 Å². The number of unbranched alkanes of at least 4 members (excludes halogenated alkanes) is 1. The first-order chi connectivity index (χ1) is 6.77. The van der Waals surface area contributed by atoms with Gasteiger partial charge < -0.3 is 10.1 Å². The van der Waals surface area contributed by atoms with Crippen LogP contribution in [0.5, 0.6) is 0 Å². The number of nitrogens with one attached hydrogen (secondary N) is 1. The van der Waals surface area contributed by atoms with Crippen LogP contribution < -0.4 is 0 Å². The topological polar surface area (TPSA) is 48.9 Å². The normalized spacial score (nSPS) is 10.8. The first-order valence-electron chi connectivity index (χ1n) is 5.12. The summed E-state index contributed by atoms with van der Waals surface area (Å²) in [5, 5.41) is 9.25. The van der Waals surface area contributed by atoms with Gasteiger partial charge >= 0.3 is 0 Å². The van der Waals surface area contributed by atoms with Gasteiger partial charge in [-0.2, -0.15) is 0 Å². The van der Waals surface area contributed by atoms with Crippen molar-refractivity contribution in [2.75, 3.05) is 6.61 Å². The number of halogens is 1. The van der Waals surface area contributed by atoms with E-state index in [4.69, 9.17) is 16.7 Å². The van der Waals surface area contributed by atoms with Crippen LogP contribution in [0.25, 0.3) is 0 Å². The average molecular weight is 217 g/mol. The standard InChI is InChI=1S/C10H17ClN2O/c1-2-3-6-9-12-8(5-4-7-14)10(11)13-9/h14H,2-7H2,1H3,(H,12,13). The van der Waals surface area contributed by atoms with Crippen molar-refractivity contribution in [3.05, 3.63) is 16.7 Å². The van der Waals surface area contributed by atoms with Crippen LogP contribution >= 0.6 is 11.6 Å². The molecule has 0 aromatic carbocycles. The zero-order valence-electron chi connectivity index (χ0n) is 8.52. The molecule has 0 radical (unpaired) electrons. The van der Waals surface area contributed by atoms with Gasteiger partial charge in [-0.15, -0.1) is 0 Å². The van der Waals surface area contributed by atoms with Gasteiger partial charge in [-0.25, -0.2) is 4.98 Å². The Morgan fingerprint density at radius 1 is 1.36 bits per heavy atom. The van der Waals surface area contributed by atoms with E-state index in [1.165, 1.54) is 0 Å². The van der Waals surface area contributed by atoms with Crippen molar-refractivity contribution in [3.8, 4) is 0 Å². The van der Waals surface area contributed by atoms with Crippen LogP contribution in [0.2, 0.25) is 5.15 Å². The number of imidazole rings is 1. The van der Waals surface area contributed by atoms with Gasteiger partial charge in [0, 0.05) is 13.0 Å². The van der Waals surface area contributed by atoms with Crippen LogP contribution in [0.1, 0.15) is 37.7 Å². The summed E-state index contributed by atoms with van der Waals surface area (Å²) in [5.41, 5.74) is 0.951. The molecule has 0 aliphatic heterocycles. The molecular weight excluding hydrogens is 200 g/mol. The predicted octanol–water partition coefficient (Wildman–Crippen LogP) is 2.33. The lowest BCUT2D eigenvalue weighted by molar-refractivity contribution is 0.288. The van der Waals surface area contributed by atoms with Crippen LogP contribution in [-0.4, -0.2) is 21.7 Å². The molecule has 0 amide bonds. The van der Waals surface area contributed by atoms with Crippen LogP contribution in [0.4, 0.5) is 0 Å². The van der Waals surface area contributed by atoms with Crippen molar-refractivity contribution in [2.45, 2.75) is 39.0 Å². The molecule has 1 aromatic heterocycles. The van der Waals surface area contributed by atoms with E-state index in [1.54, 1.807) is 0 Å². The molecule has 0 atom stereocenters. The summed E-state index contributed by atoms with van der Waals surface area (Å²) in [6.07, 6.45) is 4.74. The molecule has 0 saturated carbocycles. The number of aromatic nitrogens is 2. The van der Waals surface area contributed by atoms with Gasteiger partial charge in [0.05, 0.1) is 5.69 Å². The third-order valence-corrected chi connectivity index (χ3v) is 2.44. The maximum atomic E-state index is 8.69. The Bertz CT molecular complexity index is 273. The van der Waals surface area contributed by atoms with Gasteiger partial charge in [0.1, 0.15) is 11.0 Å². The second-order valence-corrected chi connectivity index (χ2v) is 3.74. The van der Waals surface area contributed by atoms with Gasteiger partial charge in [-0.3, -0.25) is 0 Å². The van der Waals surface area contributed by atoms with Gasteiger partial charge in [-0.1, -0.05) is 24.9 Å². The lowest BCUT2D eigenvalue weighted by Gasteiger charge is -1.95. The number of hydrogen-bond acceptors (Lipinski definition) is 2. The molecule has 3 nitrogen and oxygen atoms in total. The maximum Gasteiger partial charge on any atom is 0.150 e. The minimum atomic E-state index is 0.194. The number of aliphatic hydroxyl groups is 1. The highest BCUT2D eigenvalue weighted by molar-refractivity contribution is 6.30. The van der Waals surface area contributed by atoms with E-state index in [1.807, 2.05) is 0 Å². The summed E-state index contributed by atoms with van der Waals surface area (Å²) >= 11 is 5.94. The van der Waals surface area contributed by atoms with Crippen LogP contribution in [0, 0.1) is 0 Å². The molecule has 1 heterocycles. The largest absolute Gasteiger partial charge is 0.396 e. The third-order valence-electron chi connectivity index (χ3n) is 2.13. The maximum absolute atomic E-state index is 8.69. The molecule has 0 bridgehead atoms. The van der Waals surface area contributed by atoms with Crippen molar-refractivity contribution in [2.24, 2.45) is 0 Å². The fraction of sp³-hybridized carbons (Fsp3) is 0.700. The second-order valence-electron chi connectivity index (χ2n) is 3.38. The molecule has 0 aliphatic rings. The van der Waals surface area contributed by atoms with E-state index in [9.17, 15) is 0 Å². The molecule has 80 valence electrons. The quantitative estimate of drug-likeness (QED) is 0.767. The summed E-state index contributed by atoms with van der Waals surface area (Å²) in [6, 6.07) is 0. The molecule has 0 spiro atoms. The molecule has 2 N–H and O–H groups in total. The first-order valence-corrected chi connectivity index (χ1v) is 5.49. The third kappa shape index (κ3) is 3.31. The first kappa shape index (κ1) is 11.5. The lowest BCUT2D eigenvalue weighted by Crippen LogP contribution is -1.91. The smallest absolute Gasteiger partial charge is 0.150 e. The van der Waals surface area contributed by atoms with Crippen molar-refractivity contribution in [1.82, 2.24) is 9.97 Å². The van der Waals surface area contributed by atoms with Crippen molar-refractivity contribution >= 4 is 11.6 Å². The molecule has 0 aliphatic carbocycles. The Morgan fingerprint density at radius 2 is 2.14 bits per heavy atom. The Balaban J connectivity index is 2.53. The number of rotatable bonds is 6. The molecular formula is C10H17ClN2O. The molecule has 0 fully saturated rings. The number of aryl methyl sites for hydroxylation is 2. The summed E-state index contributed by atoms with van der Waals surface area (Å²) in [7, 11) is 0. The van der Waals surface area contributed by atoms with Crippen molar-refractivity contribution in [3.63, 3.8) is 0 Å². The minimum Gasteiger partial charge on any atom is -0.396 e. The predicted molar refractivity (Wildman–Crippen MR) is 57.6 cm³/mol. The van der Waals surface area contributed by atoms with Crippen molar-refractivity contribution < 1.29 is 5.11 Å². The van der Waals surface area contributed by atoms with Crippen LogP contribution in [0.3, 0.4) is 0 Å². The van der Waals surface area contributed by atoms with Crippen molar-refractivity contribution in [1.29, 1.82) is 0 Å². The van der Waals surface area contributed by atoms with E-state index in [-0.39, 0.29) is 6.61 Å². The van der Waals surface area contributed by atoms with E-state index in [0.717, 1.165) is 43.6 Å². The minimum absolute atomic E-state index is 0.194. The highest BCUT2D eigenvalue weighted by Crippen LogP contribution is 2.15. The van der Waals surface area contributed by atoms with Gasteiger partial charge in [0.25, 0.3) is 0 Å². The molecule has 1 rings (SSSR count). The lowest BCUT2D eigenvalue weighted by atomic mass is 10.2. The van der Waals surface area contributed by atoms with E-state index >= 15 is 0 Å². The van der Waals surface area contributed by atoms with Gasteiger partial charge in [0.2, 0.25) is 0 Å². The zero-order chi connectivity index (χ0) is 10.4. The van der Waals surface area contributed by atoms with E-state index < -0.39 is 0 Å². The summed E-state index contributed by atoms with van der Waals surface area (Å²) < 4.78 is 0. The second kappa shape index (κ2) is 6.04. The monoisotopic (exact) mass is 216 g/mol. The van der Waals surface area contributed by atoms with E-state index in [2.05, 4.69) is 16.9 Å². The molecule has 0 saturated heterocycles. The van der Waals surface area contributed by atoms with Gasteiger partial charge in [0.15, 0.2) is 0 Å². The molecule has 4 heteroatoms. The summed E-state index contributed by atoms with van der Waals surface area (Å²) in [6.45, 7) is 2.34. The fourth-order valence-corrected chi connectivity index (χ4v) is 1.57. The zero-order valence-corrected chi connectivity index (χ0v) is 9.27. The van der Waals surface area contributed by atoms with Crippen LogP contribution in [0.15, 0.2) is 0 Å². The number of nitrogens with zero attached hydrogens (tertiary/aromatic N) is 1. The Hall–Kier alpha value is -0.540. The highest BCUT2D eigenvalue weighted by Gasteiger charge is 2.06. The average Bonchev–Trinajstić information content (AvgIpc) is 2.53. The number of aliphatic hydroxyl groups excluding tert-OH is 1. The Kier molecular flexibility index (Phi) is 4.98. The number of H-pyrrole nitrogens is 1. The van der Waals surface area contributed by atoms with Crippen LogP contribution in [-0.2, 0) is 12.8 Å². The van der Waals surface area contributed by atoms with E-state index in [0.29, 0.717) is 5.15 Å². The number of aromatic amines is 1. The highest BCUT2D eigenvalue weighted by atomic mass is 35.5. The summed E-state index contributed by atoms with van der Waals surface area (Å²) in [4.78, 5) is 7.43. The Labute approximate surface area is 89.5 Å². The SMILES string of the molecule is CCCCc1nc(Cl)c(CCCO)[nH]1. The Morgan fingerprint density at radius 3 is 2.79 bits per heavy atom. The summed E-state index contributed by atoms with van der Waals surface area (Å²) in [5.74, 6) is 0.963. The number of hydrogen-bond donors (Lipinski definition) is 2.